The van der Waals surface area contributed by atoms with E-state index in [1.54, 1.807) is 12.1 Å². The summed E-state index contributed by atoms with van der Waals surface area (Å²) in [6.07, 6.45) is 4.13. The van der Waals surface area contributed by atoms with Crippen LogP contribution in [0.5, 0.6) is 0 Å². The Balaban J connectivity index is 1.26. The number of morpholine rings is 1. The molecule has 36 heavy (non-hydrogen) atoms. The fourth-order valence-electron chi connectivity index (χ4n) is 5.69. The number of carbonyl (C=O) groups is 3. The first-order valence-corrected chi connectivity index (χ1v) is 12.7. The van der Waals surface area contributed by atoms with Gasteiger partial charge >= 0.3 is 0 Å². The van der Waals surface area contributed by atoms with Gasteiger partial charge in [0.1, 0.15) is 12.2 Å². The van der Waals surface area contributed by atoms with Gasteiger partial charge in [0.25, 0.3) is 5.91 Å². The van der Waals surface area contributed by atoms with Gasteiger partial charge in [-0.15, -0.1) is 0 Å². The molecule has 0 radical (unpaired) electrons. The monoisotopic (exact) mass is 496 g/mol. The maximum atomic E-state index is 14.8. The van der Waals surface area contributed by atoms with Crippen LogP contribution in [-0.2, 0) is 20.9 Å². The number of benzene rings is 1. The second-order valence-corrected chi connectivity index (χ2v) is 10.2. The molecule has 5 rings (SSSR count). The predicted octanol–water partition coefficient (Wildman–Crippen LogP) is 2.56. The smallest absolute Gasteiger partial charge is 0.255 e. The van der Waals surface area contributed by atoms with Crippen molar-refractivity contribution < 1.29 is 23.5 Å². The first-order valence-electron chi connectivity index (χ1n) is 12.7. The van der Waals surface area contributed by atoms with E-state index in [-0.39, 0.29) is 37.0 Å². The summed E-state index contributed by atoms with van der Waals surface area (Å²) in [5.41, 5.74) is 3.89. The lowest BCUT2D eigenvalue weighted by Crippen LogP contribution is -2.52. The normalized spacial score (nSPS) is 29.0. The van der Waals surface area contributed by atoms with E-state index in [0.717, 1.165) is 36.5 Å². The Bertz CT molecular complexity index is 1120. The third-order valence-electron chi connectivity index (χ3n) is 7.33. The van der Waals surface area contributed by atoms with Gasteiger partial charge in [-0.25, -0.2) is 4.39 Å². The van der Waals surface area contributed by atoms with Crippen LogP contribution < -0.4 is 10.6 Å². The molecule has 4 aliphatic rings. The Morgan fingerprint density at radius 2 is 1.94 bits per heavy atom. The van der Waals surface area contributed by atoms with E-state index >= 15 is 0 Å². The molecule has 0 spiro atoms. The summed E-state index contributed by atoms with van der Waals surface area (Å²) in [5, 5.41) is 5.67. The number of allylic oxidation sites excluding steroid dienone is 1. The molecule has 1 aromatic carbocycles. The van der Waals surface area contributed by atoms with Crippen LogP contribution >= 0.6 is 0 Å². The maximum Gasteiger partial charge on any atom is 0.255 e. The molecule has 4 atom stereocenters. The zero-order valence-corrected chi connectivity index (χ0v) is 20.8. The third kappa shape index (κ3) is 5.08. The number of nitrogens with zero attached hydrogens (tertiary/aromatic N) is 2. The number of hydrogen-bond donors (Lipinski definition) is 2. The van der Waals surface area contributed by atoms with Crippen LogP contribution in [0.25, 0.3) is 0 Å². The van der Waals surface area contributed by atoms with Crippen LogP contribution in [0.4, 0.5) is 10.1 Å². The lowest BCUT2D eigenvalue weighted by atomic mass is 9.96. The largest absolute Gasteiger partial charge is 0.381 e. The topological polar surface area (TPSA) is 91.0 Å². The molecule has 9 heteroatoms. The Labute approximate surface area is 210 Å². The predicted molar refractivity (Wildman–Crippen MR) is 133 cm³/mol. The molecular weight excluding hydrogens is 463 g/mol. The van der Waals surface area contributed by atoms with E-state index in [9.17, 15) is 18.8 Å². The highest BCUT2D eigenvalue weighted by Crippen LogP contribution is 2.33. The number of ether oxygens (including phenoxy) is 1. The maximum absolute atomic E-state index is 14.8. The molecule has 3 amide bonds. The molecule has 2 N–H and O–H groups in total. The van der Waals surface area contributed by atoms with Crippen LogP contribution in [0.15, 0.2) is 41.5 Å². The lowest BCUT2D eigenvalue weighted by Gasteiger charge is -2.36. The van der Waals surface area contributed by atoms with Crippen molar-refractivity contribution in [3.05, 3.63) is 52.6 Å². The molecule has 0 aromatic heterocycles. The number of amides is 3. The molecule has 0 saturated carbocycles. The van der Waals surface area contributed by atoms with Crippen molar-refractivity contribution in [2.75, 3.05) is 31.5 Å². The highest BCUT2D eigenvalue weighted by Gasteiger charge is 2.39. The van der Waals surface area contributed by atoms with Crippen molar-refractivity contribution in [2.24, 2.45) is 0 Å². The number of hydrogen-bond acceptors (Lipinski definition) is 6. The molecule has 3 aliphatic heterocycles. The van der Waals surface area contributed by atoms with Crippen LogP contribution in [-0.4, -0.2) is 78.1 Å². The van der Waals surface area contributed by atoms with Gasteiger partial charge in [-0.3, -0.25) is 24.6 Å². The van der Waals surface area contributed by atoms with Gasteiger partial charge < -0.3 is 15.0 Å². The average molecular weight is 497 g/mol. The van der Waals surface area contributed by atoms with Crippen molar-refractivity contribution in [1.82, 2.24) is 15.1 Å². The quantitative estimate of drug-likeness (QED) is 0.589. The Kier molecular flexibility index (Phi) is 6.94. The second kappa shape index (κ2) is 10.1. The highest BCUT2D eigenvalue weighted by molar-refractivity contribution is 6.06. The number of carbonyl (C=O) groups excluding carboxylic acids is 3. The van der Waals surface area contributed by atoms with Gasteiger partial charge in [0.05, 0.1) is 12.2 Å². The number of nitrogens with one attached hydrogen (secondary N) is 2. The van der Waals surface area contributed by atoms with Crippen LogP contribution in [0, 0.1) is 0 Å². The van der Waals surface area contributed by atoms with Crippen molar-refractivity contribution in [2.45, 2.75) is 64.1 Å². The second-order valence-electron chi connectivity index (χ2n) is 10.2. The number of anilines is 1. The number of piperidine rings is 1. The number of fused-ring (bicyclic) bond motifs is 1. The van der Waals surface area contributed by atoms with E-state index in [4.69, 9.17) is 4.74 Å². The lowest BCUT2D eigenvalue weighted by molar-refractivity contribution is -0.136. The molecule has 2 saturated heterocycles. The fraction of sp³-hybridized carbons (Fsp3) is 0.519. The van der Waals surface area contributed by atoms with Crippen molar-refractivity contribution in [1.29, 1.82) is 0 Å². The molecular formula is C27H33FN4O4. The fourth-order valence-corrected chi connectivity index (χ4v) is 5.69. The summed E-state index contributed by atoms with van der Waals surface area (Å²) in [6.45, 7) is 7.24. The van der Waals surface area contributed by atoms with Gasteiger partial charge in [-0.05, 0) is 43.5 Å². The zero-order chi connectivity index (χ0) is 25.4. The SMILES string of the molecule is CC1CN(CC2=CCC(F)C(CNc3cccc4c3CN([C@@H]3CCC(=O)NC3=O)C4=O)=C2)CC(C)O1. The van der Waals surface area contributed by atoms with Crippen LogP contribution in [0.2, 0.25) is 0 Å². The minimum atomic E-state index is -1.05. The summed E-state index contributed by atoms with van der Waals surface area (Å²) in [7, 11) is 0. The van der Waals surface area contributed by atoms with E-state index < -0.39 is 18.1 Å². The third-order valence-corrected chi connectivity index (χ3v) is 7.33. The molecule has 192 valence electrons. The van der Waals surface area contributed by atoms with Crippen molar-refractivity contribution >= 4 is 23.4 Å². The molecule has 3 heterocycles. The summed E-state index contributed by atoms with van der Waals surface area (Å²) >= 11 is 0. The molecule has 3 unspecified atom stereocenters. The van der Waals surface area contributed by atoms with Crippen molar-refractivity contribution in [3.63, 3.8) is 0 Å². The van der Waals surface area contributed by atoms with Crippen molar-refractivity contribution in [3.8, 4) is 0 Å². The molecule has 2 fully saturated rings. The van der Waals surface area contributed by atoms with Gasteiger partial charge in [-0.2, -0.15) is 0 Å². The minimum absolute atomic E-state index is 0.180. The Hall–Kier alpha value is -3.04. The number of imide groups is 1. The minimum Gasteiger partial charge on any atom is -0.381 e. The van der Waals surface area contributed by atoms with Crippen LogP contribution in [0.1, 0.15) is 49.0 Å². The van der Waals surface area contributed by atoms with Gasteiger partial charge in [0.2, 0.25) is 11.8 Å². The molecule has 8 nitrogen and oxygen atoms in total. The Morgan fingerprint density at radius 1 is 1.17 bits per heavy atom. The first kappa shape index (κ1) is 24.6. The van der Waals surface area contributed by atoms with Gasteiger partial charge in [0, 0.05) is 62.4 Å². The molecule has 1 aromatic rings. The van der Waals surface area contributed by atoms with Crippen LogP contribution in [0.3, 0.4) is 0 Å². The van der Waals surface area contributed by atoms with E-state index in [0.29, 0.717) is 30.5 Å². The average Bonchev–Trinajstić information content (AvgIpc) is 3.15. The number of alkyl halides is 1. The van der Waals surface area contributed by atoms with E-state index in [1.165, 1.54) is 4.90 Å². The molecule has 1 aliphatic carbocycles. The van der Waals surface area contributed by atoms with Gasteiger partial charge in [0.15, 0.2) is 0 Å². The summed E-state index contributed by atoms with van der Waals surface area (Å²) in [6, 6.07) is 4.76. The molecule has 0 bridgehead atoms. The first-order chi connectivity index (χ1) is 17.3. The number of rotatable bonds is 6. The van der Waals surface area contributed by atoms with Gasteiger partial charge in [-0.1, -0.05) is 18.2 Å². The highest BCUT2D eigenvalue weighted by atomic mass is 19.1. The van der Waals surface area contributed by atoms with E-state index in [2.05, 4.69) is 29.4 Å². The van der Waals surface area contributed by atoms with E-state index in [1.807, 2.05) is 18.2 Å². The summed E-state index contributed by atoms with van der Waals surface area (Å²) < 4.78 is 20.6. The standard InChI is InChI=1S/C27H33FN4O4/c1-16-12-31(13-17(2)36-16)14-18-6-7-22(28)19(10-18)11-29-23-5-3-4-20-21(23)15-32(27(20)35)24-8-9-25(33)30-26(24)34/h3-6,10,16-17,22,24,29H,7-9,11-15H2,1-2H3,(H,30,33,34)/t16?,17?,22?,24-/m1/s1. The Morgan fingerprint density at radius 3 is 2.69 bits per heavy atom. The number of halogens is 1. The summed E-state index contributed by atoms with van der Waals surface area (Å²) in [5.74, 6) is -0.962. The summed E-state index contributed by atoms with van der Waals surface area (Å²) in [4.78, 5) is 40.8. The zero-order valence-electron chi connectivity index (χ0n) is 20.8.